The Hall–Kier alpha value is -2.27. The van der Waals surface area contributed by atoms with Gasteiger partial charge in [-0.1, -0.05) is 23.7 Å². The SMILES string of the molecule is CC(C)(C)OC(=O)N/N=C/c1ccc(-c2cccc(Cl)c2)o1. The number of carbonyl (C=O) groups is 1. The van der Waals surface area contributed by atoms with E-state index in [9.17, 15) is 4.79 Å². The van der Waals surface area contributed by atoms with Crippen LogP contribution in [0, 0.1) is 0 Å². The smallest absolute Gasteiger partial charge is 0.428 e. The van der Waals surface area contributed by atoms with Crippen LogP contribution < -0.4 is 5.43 Å². The minimum absolute atomic E-state index is 0.506. The van der Waals surface area contributed by atoms with Crippen LogP contribution in [-0.4, -0.2) is 17.9 Å². The number of furan rings is 1. The van der Waals surface area contributed by atoms with E-state index in [1.54, 1.807) is 45.0 Å². The molecule has 1 amide bonds. The Kier molecular flexibility index (Phi) is 4.88. The van der Waals surface area contributed by atoms with Crippen molar-refractivity contribution in [3.05, 3.63) is 47.2 Å². The van der Waals surface area contributed by atoms with Gasteiger partial charge in [0.15, 0.2) is 0 Å². The molecule has 6 heteroatoms. The van der Waals surface area contributed by atoms with Crippen molar-refractivity contribution < 1.29 is 13.9 Å². The van der Waals surface area contributed by atoms with Crippen molar-refractivity contribution in [3.63, 3.8) is 0 Å². The normalized spacial score (nSPS) is 11.6. The quantitative estimate of drug-likeness (QED) is 0.671. The Balaban J connectivity index is 1.98. The predicted molar refractivity (Wildman–Crippen MR) is 86.1 cm³/mol. The van der Waals surface area contributed by atoms with Crippen molar-refractivity contribution in [1.29, 1.82) is 0 Å². The molecule has 22 heavy (non-hydrogen) atoms. The Morgan fingerprint density at radius 1 is 1.32 bits per heavy atom. The molecule has 5 nitrogen and oxygen atoms in total. The number of carbonyl (C=O) groups excluding carboxylic acids is 1. The Morgan fingerprint density at radius 2 is 2.09 bits per heavy atom. The summed E-state index contributed by atoms with van der Waals surface area (Å²) in [6, 6.07) is 10.9. The van der Waals surface area contributed by atoms with Crippen LogP contribution in [0.4, 0.5) is 4.79 Å². The highest BCUT2D eigenvalue weighted by atomic mass is 35.5. The van der Waals surface area contributed by atoms with Crippen LogP contribution in [-0.2, 0) is 4.74 Å². The Labute approximate surface area is 133 Å². The fourth-order valence-corrected chi connectivity index (χ4v) is 1.86. The predicted octanol–water partition coefficient (Wildman–Crippen LogP) is 4.46. The van der Waals surface area contributed by atoms with Crippen LogP contribution in [0.15, 0.2) is 45.9 Å². The van der Waals surface area contributed by atoms with Gasteiger partial charge in [0.05, 0.1) is 6.21 Å². The molecular weight excluding hydrogens is 304 g/mol. The molecule has 0 saturated carbocycles. The average Bonchev–Trinajstić information content (AvgIpc) is 2.85. The van der Waals surface area contributed by atoms with Gasteiger partial charge in [0.1, 0.15) is 17.1 Å². The van der Waals surface area contributed by atoms with Crippen molar-refractivity contribution in [2.24, 2.45) is 5.10 Å². The Morgan fingerprint density at radius 3 is 2.77 bits per heavy atom. The van der Waals surface area contributed by atoms with E-state index in [-0.39, 0.29) is 0 Å². The van der Waals surface area contributed by atoms with Crippen molar-refractivity contribution >= 4 is 23.9 Å². The zero-order chi connectivity index (χ0) is 16.2. The van der Waals surface area contributed by atoms with Crippen molar-refractivity contribution in [2.45, 2.75) is 26.4 Å². The lowest BCUT2D eigenvalue weighted by Gasteiger charge is -2.18. The van der Waals surface area contributed by atoms with Gasteiger partial charge in [-0.15, -0.1) is 0 Å². The van der Waals surface area contributed by atoms with E-state index < -0.39 is 11.7 Å². The number of rotatable bonds is 3. The van der Waals surface area contributed by atoms with Crippen molar-refractivity contribution in [3.8, 4) is 11.3 Å². The monoisotopic (exact) mass is 320 g/mol. The number of amides is 1. The highest BCUT2D eigenvalue weighted by Gasteiger charge is 2.15. The Bertz CT molecular complexity index is 687. The molecule has 0 aliphatic carbocycles. The molecule has 0 fully saturated rings. The lowest BCUT2D eigenvalue weighted by Crippen LogP contribution is -2.29. The zero-order valence-corrected chi connectivity index (χ0v) is 13.3. The third-order valence-corrected chi connectivity index (χ3v) is 2.72. The average molecular weight is 321 g/mol. The molecule has 0 unspecified atom stereocenters. The number of nitrogens with zero attached hydrogens (tertiary/aromatic N) is 1. The number of benzene rings is 1. The largest absolute Gasteiger partial charge is 0.455 e. The topological polar surface area (TPSA) is 63.8 Å². The highest BCUT2D eigenvalue weighted by Crippen LogP contribution is 2.24. The highest BCUT2D eigenvalue weighted by molar-refractivity contribution is 6.30. The summed E-state index contributed by atoms with van der Waals surface area (Å²) in [5, 5.41) is 4.42. The molecule has 1 heterocycles. The number of hydrogen-bond acceptors (Lipinski definition) is 4. The first-order valence-corrected chi connectivity index (χ1v) is 7.09. The first kappa shape index (κ1) is 16.1. The number of nitrogens with one attached hydrogen (secondary N) is 1. The van der Waals surface area contributed by atoms with Gasteiger partial charge < -0.3 is 9.15 Å². The summed E-state index contributed by atoms with van der Waals surface area (Å²) >= 11 is 5.94. The van der Waals surface area contributed by atoms with Gasteiger partial charge in [0, 0.05) is 10.6 Å². The van der Waals surface area contributed by atoms with Crippen LogP contribution in [0.2, 0.25) is 5.02 Å². The molecule has 0 saturated heterocycles. The molecule has 0 aliphatic rings. The van der Waals surface area contributed by atoms with Crippen LogP contribution in [0.1, 0.15) is 26.5 Å². The summed E-state index contributed by atoms with van der Waals surface area (Å²) < 4.78 is 10.7. The molecule has 0 spiro atoms. The van der Waals surface area contributed by atoms with Gasteiger partial charge in [-0.3, -0.25) is 0 Å². The summed E-state index contributed by atoms with van der Waals surface area (Å²) in [6.45, 7) is 5.33. The second kappa shape index (κ2) is 6.66. The summed E-state index contributed by atoms with van der Waals surface area (Å²) in [6.07, 6.45) is 0.781. The molecule has 0 aliphatic heterocycles. The van der Waals surface area contributed by atoms with Crippen molar-refractivity contribution in [2.75, 3.05) is 0 Å². The van der Waals surface area contributed by atoms with Gasteiger partial charge >= 0.3 is 6.09 Å². The maximum Gasteiger partial charge on any atom is 0.428 e. The second-order valence-electron chi connectivity index (χ2n) is 5.58. The third kappa shape index (κ3) is 4.93. The maximum atomic E-state index is 11.4. The van der Waals surface area contributed by atoms with Crippen LogP contribution in [0.3, 0.4) is 0 Å². The van der Waals surface area contributed by atoms with Gasteiger partial charge in [-0.2, -0.15) is 5.10 Å². The number of hydrogen-bond donors (Lipinski definition) is 1. The number of halogens is 1. The standard InChI is InChI=1S/C16H17ClN2O3/c1-16(2,3)22-15(20)19-18-10-13-7-8-14(21-13)11-5-4-6-12(17)9-11/h4-10H,1-3H3,(H,19,20)/b18-10+. The molecule has 1 aromatic heterocycles. The minimum Gasteiger partial charge on any atom is -0.455 e. The van der Waals surface area contributed by atoms with Gasteiger partial charge in [-0.05, 0) is 45.0 Å². The molecule has 0 atom stereocenters. The third-order valence-electron chi connectivity index (χ3n) is 2.48. The van der Waals surface area contributed by atoms with Gasteiger partial charge in [0.25, 0.3) is 0 Å². The van der Waals surface area contributed by atoms with Crippen LogP contribution in [0.5, 0.6) is 0 Å². The van der Waals surface area contributed by atoms with E-state index in [2.05, 4.69) is 10.5 Å². The fraction of sp³-hybridized carbons (Fsp3) is 0.250. The zero-order valence-electron chi connectivity index (χ0n) is 12.6. The lowest BCUT2D eigenvalue weighted by atomic mass is 10.2. The molecule has 116 valence electrons. The molecule has 2 rings (SSSR count). The molecule has 1 aromatic carbocycles. The summed E-state index contributed by atoms with van der Waals surface area (Å²) in [4.78, 5) is 11.4. The van der Waals surface area contributed by atoms with Gasteiger partial charge in [0.2, 0.25) is 0 Å². The molecule has 0 radical (unpaired) electrons. The number of hydrazone groups is 1. The van der Waals surface area contributed by atoms with Crippen LogP contribution >= 0.6 is 11.6 Å². The van der Waals surface area contributed by atoms with Gasteiger partial charge in [-0.25, -0.2) is 10.2 Å². The maximum absolute atomic E-state index is 11.4. The molecule has 1 N–H and O–H groups in total. The molecular formula is C16H17ClN2O3. The summed E-state index contributed by atoms with van der Waals surface area (Å²) in [5.74, 6) is 1.17. The molecule has 0 bridgehead atoms. The molecule has 2 aromatic rings. The minimum atomic E-state index is -0.620. The number of ether oxygens (including phenoxy) is 1. The second-order valence-corrected chi connectivity index (χ2v) is 6.02. The summed E-state index contributed by atoms with van der Waals surface area (Å²) in [7, 11) is 0. The van der Waals surface area contributed by atoms with Crippen LogP contribution in [0.25, 0.3) is 11.3 Å². The lowest BCUT2D eigenvalue weighted by molar-refractivity contribution is 0.0529. The first-order valence-electron chi connectivity index (χ1n) is 6.71. The van der Waals surface area contributed by atoms with E-state index in [0.717, 1.165) is 5.56 Å². The van der Waals surface area contributed by atoms with E-state index >= 15 is 0 Å². The van der Waals surface area contributed by atoms with E-state index in [4.69, 9.17) is 20.8 Å². The first-order chi connectivity index (χ1) is 10.3. The van der Waals surface area contributed by atoms with E-state index in [1.807, 2.05) is 12.1 Å². The fourth-order valence-electron chi connectivity index (χ4n) is 1.67. The van der Waals surface area contributed by atoms with E-state index in [0.29, 0.717) is 16.5 Å². The summed E-state index contributed by atoms with van der Waals surface area (Å²) in [5.41, 5.74) is 2.58. The van der Waals surface area contributed by atoms with E-state index in [1.165, 1.54) is 6.21 Å². The van der Waals surface area contributed by atoms with Crippen molar-refractivity contribution in [1.82, 2.24) is 5.43 Å².